The topological polar surface area (TPSA) is 70.6 Å². The van der Waals surface area contributed by atoms with Gasteiger partial charge in [0.25, 0.3) is 5.91 Å². The van der Waals surface area contributed by atoms with Gasteiger partial charge >= 0.3 is 0 Å². The Labute approximate surface area is 172 Å². The summed E-state index contributed by atoms with van der Waals surface area (Å²) in [7, 11) is -3.84. The fourth-order valence-electron chi connectivity index (χ4n) is 3.59. The molecule has 0 unspecified atom stereocenters. The largest absolute Gasteiger partial charge is 0.336 e. The Morgan fingerprint density at radius 3 is 2.37 bits per heavy atom. The number of carbonyl (C=O) groups excluding carboxylic acids is 1. The van der Waals surface area contributed by atoms with Gasteiger partial charge < -0.3 is 4.90 Å². The number of aromatic nitrogens is 1. The van der Waals surface area contributed by atoms with Crippen LogP contribution in [0.15, 0.2) is 53.4 Å². The minimum atomic E-state index is -3.84. The van der Waals surface area contributed by atoms with Gasteiger partial charge in [-0.15, -0.1) is 0 Å². The molecule has 3 aromatic rings. The van der Waals surface area contributed by atoms with Crippen LogP contribution in [0, 0.1) is 18.6 Å². The van der Waals surface area contributed by atoms with E-state index in [1.54, 1.807) is 17.9 Å². The highest BCUT2D eigenvalue weighted by atomic mass is 32.2. The van der Waals surface area contributed by atoms with Crippen molar-refractivity contribution in [2.24, 2.45) is 0 Å². The Morgan fingerprint density at radius 2 is 1.67 bits per heavy atom. The molecule has 1 fully saturated rings. The van der Waals surface area contributed by atoms with Crippen LogP contribution in [-0.2, 0) is 10.0 Å². The van der Waals surface area contributed by atoms with Crippen molar-refractivity contribution >= 4 is 26.8 Å². The molecule has 30 heavy (non-hydrogen) atoms. The number of sulfonamides is 1. The third-order valence-electron chi connectivity index (χ3n) is 5.09. The zero-order valence-electron chi connectivity index (χ0n) is 16.2. The second kappa shape index (κ2) is 7.73. The van der Waals surface area contributed by atoms with Crippen LogP contribution in [0.1, 0.15) is 16.1 Å². The minimum Gasteiger partial charge on any atom is -0.336 e. The van der Waals surface area contributed by atoms with Gasteiger partial charge in [-0.25, -0.2) is 17.2 Å². The molecule has 2 aromatic carbocycles. The van der Waals surface area contributed by atoms with E-state index in [9.17, 15) is 22.0 Å². The fraction of sp³-hybridized carbons (Fsp3) is 0.238. The summed E-state index contributed by atoms with van der Waals surface area (Å²) in [6.07, 6.45) is 0. The lowest BCUT2D eigenvalue weighted by Gasteiger charge is -2.34. The molecule has 6 nitrogen and oxygen atoms in total. The zero-order chi connectivity index (χ0) is 21.5. The third-order valence-corrected chi connectivity index (χ3v) is 6.98. The molecule has 0 aliphatic carbocycles. The Hall–Kier alpha value is -2.91. The van der Waals surface area contributed by atoms with Gasteiger partial charge in [-0.05, 0) is 43.3 Å². The van der Waals surface area contributed by atoms with Gasteiger partial charge in [0, 0.05) is 43.3 Å². The van der Waals surface area contributed by atoms with Gasteiger partial charge in [0.2, 0.25) is 10.0 Å². The molecule has 0 N–H and O–H groups in total. The molecule has 0 bridgehead atoms. The van der Waals surface area contributed by atoms with Gasteiger partial charge in [0.1, 0.15) is 11.6 Å². The SMILES string of the molecule is Cc1cc(C(=O)N2CCN(S(=O)(=O)c3cccc(F)c3)CC2)c2ccc(F)cc2n1. The second-order valence-corrected chi connectivity index (χ2v) is 9.06. The molecule has 9 heteroatoms. The highest BCUT2D eigenvalue weighted by Crippen LogP contribution is 2.23. The molecule has 0 saturated carbocycles. The second-order valence-electron chi connectivity index (χ2n) is 7.13. The predicted octanol–water partition coefficient (Wildman–Crippen LogP) is 2.97. The van der Waals surface area contributed by atoms with Gasteiger partial charge in [0.05, 0.1) is 16.0 Å². The van der Waals surface area contributed by atoms with E-state index in [0.717, 1.165) is 6.07 Å². The third kappa shape index (κ3) is 3.78. The van der Waals surface area contributed by atoms with E-state index in [-0.39, 0.29) is 37.0 Å². The molecule has 4 rings (SSSR count). The first-order valence-electron chi connectivity index (χ1n) is 9.37. The molecule has 1 aliphatic heterocycles. The number of benzene rings is 2. The molecule has 156 valence electrons. The van der Waals surface area contributed by atoms with Crippen LogP contribution < -0.4 is 0 Å². The molecule has 0 atom stereocenters. The highest BCUT2D eigenvalue weighted by molar-refractivity contribution is 7.89. The Balaban J connectivity index is 1.55. The van der Waals surface area contributed by atoms with Crippen LogP contribution >= 0.6 is 0 Å². The summed E-state index contributed by atoms with van der Waals surface area (Å²) in [6.45, 7) is 2.31. The predicted molar refractivity (Wildman–Crippen MR) is 108 cm³/mol. The lowest BCUT2D eigenvalue weighted by atomic mass is 10.1. The summed E-state index contributed by atoms with van der Waals surface area (Å²) in [6, 6.07) is 10.6. The summed E-state index contributed by atoms with van der Waals surface area (Å²) >= 11 is 0. The van der Waals surface area contributed by atoms with Crippen molar-refractivity contribution in [2.45, 2.75) is 11.8 Å². The highest BCUT2D eigenvalue weighted by Gasteiger charge is 2.31. The molecule has 2 heterocycles. The van der Waals surface area contributed by atoms with E-state index in [1.807, 2.05) is 0 Å². The molecule has 0 radical (unpaired) electrons. The normalized spacial score (nSPS) is 15.5. The monoisotopic (exact) mass is 431 g/mol. The molecule has 1 amide bonds. The number of amides is 1. The zero-order valence-corrected chi connectivity index (χ0v) is 17.0. The van der Waals surface area contributed by atoms with Gasteiger partial charge in [-0.2, -0.15) is 4.31 Å². The van der Waals surface area contributed by atoms with Crippen LogP contribution in [0.4, 0.5) is 8.78 Å². The van der Waals surface area contributed by atoms with Crippen molar-refractivity contribution in [3.8, 4) is 0 Å². The van der Waals surface area contributed by atoms with Crippen molar-refractivity contribution in [1.29, 1.82) is 0 Å². The summed E-state index contributed by atoms with van der Waals surface area (Å²) < 4.78 is 53.7. The van der Waals surface area contributed by atoms with Crippen LogP contribution in [0.5, 0.6) is 0 Å². The number of nitrogens with zero attached hydrogens (tertiary/aromatic N) is 3. The number of carbonyl (C=O) groups is 1. The van der Waals surface area contributed by atoms with Crippen LogP contribution in [0.25, 0.3) is 10.9 Å². The number of pyridine rings is 1. The lowest BCUT2D eigenvalue weighted by Crippen LogP contribution is -2.50. The number of halogens is 2. The fourth-order valence-corrected chi connectivity index (χ4v) is 5.04. The summed E-state index contributed by atoms with van der Waals surface area (Å²) in [5.41, 5.74) is 1.38. The maximum absolute atomic E-state index is 13.6. The van der Waals surface area contributed by atoms with E-state index in [2.05, 4.69) is 4.98 Å². The van der Waals surface area contributed by atoms with E-state index >= 15 is 0 Å². The van der Waals surface area contributed by atoms with Crippen LogP contribution in [0.2, 0.25) is 0 Å². The number of piperazine rings is 1. The first-order valence-corrected chi connectivity index (χ1v) is 10.8. The number of fused-ring (bicyclic) bond motifs is 1. The maximum Gasteiger partial charge on any atom is 0.254 e. The standard InChI is InChI=1S/C21H19F2N3O3S/c1-14-11-19(18-6-5-16(23)13-20(18)24-14)21(27)25-7-9-26(10-8-25)30(28,29)17-4-2-3-15(22)12-17/h2-6,11-13H,7-10H2,1H3. The quantitative estimate of drug-likeness (QED) is 0.639. The molecule has 1 saturated heterocycles. The van der Waals surface area contributed by atoms with E-state index < -0.39 is 21.7 Å². The van der Waals surface area contributed by atoms with E-state index in [4.69, 9.17) is 0 Å². The van der Waals surface area contributed by atoms with Gasteiger partial charge in [0.15, 0.2) is 0 Å². The van der Waals surface area contributed by atoms with Crippen molar-refractivity contribution < 1.29 is 22.0 Å². The van der Waals surface area contributed by atoms with Crippen molar-refractivity contribution in [1.82, 2.24) is 14.2 Å². The van der Waals surface area contributed by atoms with E-state index in [0.29, 0.717) is 22.2 Å². The van der Waals surface area contributed by atoms with Crippen molar-refractivity contribution in [2.75, 3.05) is 26.2 Å². The molecule has 1 aromatic heterocycles. The minimum absolute atomic E-state index is 0.0984. The average molecular weight is 431 g/mol. The number of hydrogen-bond acceptors (Lipinski definition) is 4. The van der Waals surface area contributed by atoms with Crippen molar-refractivity contribution in [3.05, 3.63) is 71.4 Å². The average Bonchev–Trinajstić information content (AvgIpc) is 2.72. The van der Waals surface area contributed by atoms with Crippen LogP contribution in [-0.4, -0.2) is 54.7 Å². The smallest absolute Gasteiger partial charge is 0.254 e. The molecular weight excluding hydrogens is 412 g/mol. The summed E-state index contributed by atoms with van der Waals surface area (Å²) in [5, 5.41) is 0.543. The molecular formula is C21H19F2N3O3S. The Bertz CT molecular complexity index is 1230. The number of hydrogen-bond donors (Lipinski definition) is 0. The van der Waals surface area contributed by atoms with Gasteiger partial charge in [-0.1, -0.05) is 6.07 Å². The maximum atomic E-state index is 13.6. The summed E-state index contributed by atoms with van der Waals surface area (Å²) in [4.78, 5) is 18.8. The van der Waals surface area contributed by atoms with Gasteiger partial charge in [-0.3, -0.25) is 9.78 Å². The van der Waals surface area contributed by atoms with E-state index in [1.165, 1.54) is 40.7 Å². The molecule has 1 aliphatic rings. The first kappa shape index (κ1) is 20.4. The lowest BCUT2D eigenvalue weighted by molar-refractivity contribution is 0.0699. The number of aryl methyl sites for hydroxylation is 1. The van der Waals surface area contributed by atoms with Crippen LogP contribution in [0.3, 0.4) is 0 Å². The summed E-state index contributed by atoms with van der Waals surface area (Å²) in [5.74, 6) is -1.32. The first-order chi connectivity index (χ1) is 14.3. The number of rotatable bonds is 3. The Morgan fingerprint density at radius 1 is 0.967 bits per heavy atom. The Kier molecular flexibility index (Phi) is 5.25. The molecule has 0 spiro atoms. The van der Waals surface area contributed by atoms with Crippen molar-refractivity contribution in [3.63, 3.8) is 0 Å².